The number of guanidine groups is 1. The lowest BCUT2D eigenvalue weighted by molar-refractivity contribution is -0.145. The molecule has 1 N–H and O–H groups in total. The molecule has 2 heterocycles. The molecule has 0 aliphatic carbocycles. The van der Waals surface area contributed by atoms with Gasteiger partial charge in [-0.2, -0.15) is 0 Å². The summed E-state index contributed by atoms with van der Waals surface area (Å²) < 4.78 is 10.1. The quantitative estimate of drug-likeness (QED) is 0.443. The Labute approximate surface area is 175 Å². The number of carbonyl (C=O) groups excluding carboxylic acids is 1. The first-order valence-electron chi connectivity index (χ1n) is 9.75. The number of hydrogen-bond donors (Lipinski definition) is 1. The Kier molecular flexibility index (Phi) is 7.09. The van der Waals surface area contributed by atoms with E-state index in [1.165, 1.54) is 7.11 Å². The summed E-state index contributed by atoms with van der Waals surface area (Å²) in [5, 5.41) is 6.33. The number of ether oxygens (including phenoxy) is 2. The summed E-state index contributed by atoms with van der Waals surface area (Å²) in [5.74, 6) is 1.59. The van der Waals surface area contributed by atoms with Crippen LogP contribution in [0.5, 0.6) is 5.75 Å². The van der Waals surface area contributed by atoms with Crippen LogP contribution in [0, 0.1) is 11.8 Å². The number of aliphatic imine (C=N–C) groups is 1. The van der Waals surface area contributed by atoms with E-state index in [2.05, 4.69) is 17.1 Å². The zero-order valence-electron chi connectivity index (χ0n) is 17.3. The number of hydrogen-bond acceptors (Lipinski definition) is 6. The topological polar surface area (TPSA) is 76.1 Å². The number of methoxy groups -OCH3 is 2. The SMILES string of the molecule is CCNC(=NCc1csc(-c2ccc(OC)cc2)n1)N1CC(C)C(C(=O)OC)C1. The molecule has 2 unspecified atom stereocenters. The van der Waals surface area contributed by atoms with E-state index >= 15 is 0 Å². The van der Waals surface area contributed by atoms with Crippen LogP contribution in [-0.2, 0) is 16.1 Å². The Balaban J connectivity index is 1.69. The number of esters is 1. The second-order valence-corrected chi connectivity index (χ2v) is 7.91. The molecule has 29 heavy (non-hydrogen) atoms. The summed E-state index contributed by atoms with van der Waals surface area (Å²) in [6.45, 7) is 6.77. The molecule has 1 fully saturated rings. The summed E-state index contributed by atoms with van der Waals surface area (Å²) in [4.78, 5) is 23.6. The van der Waals surface area contributed by atoms with Crippen molar-refractivity contribution in [2.45, 2.75) is 20.4 Å². The van der Waals surface area contributed by atoms with Crippen LogP contribution in [-0.4, -0.2) is 55.7 Å². The largest absolute Gasteiger partial charge is 0.497 e. The minimum absolute atomic E-state index is 0.121. The van der Waals surface area contributed by atoms with Crippen molar-refractivity contribution < 1.29 is 14.3 Å². The van der Waals surface area contributed by atoms with Crippen molar-refractivity contribution >= 4 is 23.3 Å². The third-order valence-corrected chi connectivity index (χ3v) is 5.97. The zero-order valence-corrected chi connectivity index (χ0v) is 18.2. The number of thiazole rings is 1. The predicted molar refractivity (Wildman–Crippen MR) is 115 cm³/mol. The zero-order chi connectivity index (χ0) is 20.8. The maximum Gasteiger partial charge on any atom is 0.310 e. The third-order valence-electron chi connectivity index (χ3n) is 5.03. The minimum atomic E-state index is -0.153. The number of likely N-dealkylation sites (tertiary alicyclic amines) is 1. The molecule has 1 aliphatic heterocycles. The summed E-state index contributed by atoms with van der Waals surface area (Å²) >= 11 is 1.60. The van der Waals surface area contributed by atoms with Crippen LogP contribution in [0.4, 0.5) is 0 Å². The van der Waals surface area contributed by atoms with Gasteiger partial charge in [0.1, 0.15) is 10.8 Å². The molecule has 2 aromatic rings. The van der Waals surface area contributed by atoms with Crippen LogP contribution in [0.15, 0.2) is 34.6 Å². The van der Waals surface area contributed by atoms with Crippen LogP contribution in [0.25, 0.3) is 10.6 Å². The van der Waals surface area contributed by atoms with Gasteiger partial charge in [-0.15, -0.1) is 11.3 Å². The number of benzene rings is 1. The van der Waals surface area contributed by atoms with Crippen molar-refractivity contribution in [1.82, 2.24) is 15.2 Å². The Hall–Kier alpha value is -2.61. The molecule has 0 bridgehead atoms. The van der Waals surface area contributed by atoms with Gasteiger partial charge in [0.05, 0.1) is 32.4 Å². The molecule has 1 aliphatic rings. The first-order chi connectivity index (χ1) is 14.0. The van der Waals surface area contributed by atoms with Gasteiger partial charge in [0.2, 0.25) is 0 Å². The number of nitrogens with one attached hydrogen (secondary N) is 1. The van der Waals surface area contributed by atoms with Crippen LogP contribution in [0.1, 0.15) is 19.5 Å². The molecule has 2 atom stereocenters. The molecule has 1 aromatic heterocycles. The lowest BCUT2D eigenvalue weighted by Crippen LogP contribution is -2.40. The smallest absolute Gasteiger partial charge is 0.310 e. The van der Waals surface area contributed by atoms with E-state index < -0.39 is 0 Å². The highest BCUT2D eigenvalue weighted by Crippen LogP contribution is 2.27. The molecule has 1 aromatic carbocycles. The average molecular weight is 417 g/mol. The summed E-state index contributed by atoms with van der Waals surface area (Å²) in [5.41, 5.74) is 1.99. The molecule has 0 saturated carbocycles. The van der Waals surface area contributed by atoms with Crippen molar-refractivity contribution in [3.63, 3.8) is 0 Å². The molecule has 0 amide bonds. The highest BCUT2D eigenvalue weighted by Gasteiger charge is 2.36. The van der Waals surface area contributed by atoms with Crippen molar-refractivity contribution in [3.8, 4) is 16.3 Å². The van der Waals surface area contributed by atoms with E-state index in [1.807, 2.05) is 36.6 Å². The molecule has 7 nitrogen and oxygen atoms in total. The van der Waals surface area contributed by atoms with Gasteiger partial charge >= 0.3 is 5.97 Å². The van der Waals surface area contributed by atoms with Crippen LogP contribution < -0.4 is 10.1 Å². The van der Waals surface area contributed by atoms with Gasteiger partial charge in [-0.25, -0.2) is 9.98 Å². The van der Waals surface area contributed by atoms with Crippen molar-refractivity contribution in [2.24, 2.45) is 16.8 Å². The Morgan fingerprint density at radius 1 is 1.31 bits per heavy atom. The average Bonchev–Trinajstić information content (AvgIpc) is 3.37. The van der Waals surface area contributed by atoms with Gasteiger partial charge in [-0.3, -0.25) is 4.79 Å². The molecular formula is C21H28N4O3S. The fourth-order valence-electron chi connectivity index (χ4n) is 3.43. The van der Waals surface area contributed by atoms with Gasteiger partial charge < -0.3 is 19.7 Å². The number of rotatable bonds is 6. The minimum Gasteiger partial charge on any atom is -0.497 e. The van der Waals surface area contributed by atoms with Crippen molar-refractivity contribution in [1.29, 1.82) is 0 Å². The molecule has 0 radical (unpaired) electrons. The lowest BCUT2D eigenvalue weighted by Gasteiger charge is -2.21. The Morgan fingerprint density at radius 2 is 2.07 bits per heavy atom. The molecule has 3 rings (SSSR count). The highest BCUT2D eigenvalue weighted by atomic mass is 32.1. The molecule has 8 heteroatoms. The third kappa shape index (κ3) is 5.06. The van der Waals surface area contributed by atoms with Gasteiger partial charge in [0.25, 0.3) is 0 Å². The van der Waals surface area contributed by atoms with E-state index in [0.717, 1.165) is 41.1 Å². The number of carbonyl (C=O) groups is 1. The van der Waals surface area contributed by atoms with Crippen LogP contribution in [0.2, 0.25) is 0 Å². The monoisotopic (exact) mass is 416 g/mol. The van der Waals surface area contributed by atoms with Crippen molar-refractivity contribution in [3.05, 3.63) is 35.3 Å². The molecule has 156 valence electrons. The summed E-state index contributed by atoms with van der Waals surface area (Å²) in [7, 11) is 3.10. The van der Waals surface area contributed by atoms with Crippen LogP contribution >= 0.6 is 11.3 Å². The maximum absolute atomic E-state index is 12.0. The first kappa shape index (κ1) is 21.1. The molecule has 1 saturated heterocycles. The summed E-state index contributed by atoms with van der Waals surface area (Å²) in [6.07, 6.45) is 0. The van der Waals surface area contributed by atoms with Gasteiger partial charge in [0.15, 0.2) is 5.96 Å². The number of aromatic nitrogens is 1. The predicted octanol–water partition coefficient (Wildman–Crippen LogP) is 3.03. The second kappa shape index (κ2) is 9.73. The Morgan fingerprint density at radius 3 is 2.72 bits per heavy atom. The van der Waals surface area contributed by atoms with E-state index in [-0.39, 0.29) is 17.8 Å². The van der Waals surface area contributed by atoms with Crippen LogP contribution in [0.3, 0.4) is 0 Å². The van der Waals surface area contributed by atoms with E-state index in [9.17, 15) is 4.79 Å². The molecule has 0 spiro atoms. The Bertz CT molecular complexity index is 850. The van der Waals surface area contributed by atoms with Crippen molar-refractivity contribution in [2.75, 3.05) is 33.9 Å². The van der Waals surface area contributed by atoms with E-state index in [4.69, 9.17) is 19.5 Å². The highest BCUT2D eigenvalue weighted by molar-refractivity contribution is 7.13. The number of nitrogens with zero attached hydrogens (tertiary/aromatic N) is 3. The van der Waals surface area contributed by atoms with E-state index in [1.54, 1.807) is 18.4 Å². The fraction of sp³-hybridized carbons (Fsp3) is 0.476. The second-order valence-electron chi connectivity index (χ2n) is 7.05. The van der Waals surface area contributed by atoms with Gasteiger partial charge in [-0.1, -0.05) is 6.92 Å². The van der Waals surface area contributed by atoms with Gasteiger partial charge in [0, 0.05) is 30.6 Å². The first-order valence-corrected chi connectivity index (χ1v) is 10.6. The maximum atomic E-state index is 12.0. The van der Waals surface area contributed by atoms with E-state index in [0.29, 0.717) is 13.1 Å². The standard InChI is InChI=1S/C21H28N4O3S/c1-5-22-21(25-11-14(2)18(12-25)20(26)28-4)23-10-16-13-29-19(24-16)15-6-8-17(27-3)9-7-15/h6-9,13-14,18H,5,10-12H2,1-4H3,(H,22,23). The fourth-order valence-corrected chi connectivity index (χ4v) is 4.24. The van der Waals surface area contributed by atoms with Gasteiger partial charge in [-0.05, 0) is 37.1 Å². The molecular weight excluding hydrogens is 388 g/mol. The normalized spacial score (nSPS) is 19.3. The summed E-state index contributed by atoms with van der Waals surface area (Å²) in [6, 6.07) is 7.88. The lowest BCUT2D eigenvalue weighted by atomic mass is 9.99.